The Morgan fingerprint density at radius 2 is 1.74 bits per heavy atom. The summed E-state index contributed by atoms with van der Waals surface area (Å²) in [5, 5.41) is 8.93. The zero-order chi connectivity index (χ0) is 29.9. The first-order valence-corrected chi connectivity index (χ1v) is 15.3. The number of ether oxygens (including phenoxy) is 2. The third-order valence-corrected chi connectivity index (χ3v) is 9.08. The average Bonchev–Trinajstić information content (AvgIpc) is 3.63. The van der Waals surface area contributed by atoms with Crippen molar-refractivity contribution in [3.8, 4) is 11.5 Å². The van der Waals surface area contributed by atoms with Gasteiger partial charge in [-0.25, -0.2) is 9.37 Å². The zero-order valence-electron chi connectivity index (χ0n) is 25.6. The fourth-order valence-electron chi connectivity index (χ4n) is 6.72. The Hall–Kier alpha value is -3.88. The maximum Gasteiger partial charge on any atom is 0.134 e. The van der Waals surface area contributed by atoms with Crippen molar-refractivity contribution in [2.24, 2.45) is 0 Å². The standard InChI is InChI=1S/C35H42FN5O2/c1-23(2)41-22-27-17-28(41)21-40(27)15-13-24-8-9-25(32(36)16-24)19-38-33-7-5-6-31-30(33)12-14-37-35(31)39-20-26-10-11-29(42-3)18-34(26)43-4/h5-12,14,16,18,23,27-28,38H,13,15,17,19-22H2,1-4H3,(H,37,39)/t27-,28-/m0/s1. The van der Waals surface area contributed by atoms with Gasteiger partial charge in [-0.3, -0.25) is 9.80 Å². The van der Waals surface area contributed by atoms with E-state index in [1.54, 1.807) is 26.5 Å². The molecule has 43 heavy (non-hydrogen) atoms. The number of piperazine rings is 1. The van der Waals surface area contributed by atoms with Crippen LogP contribution >= 0.6 is 0 Å². The van der Waals surface area contributed by atoms with Crippen LogP contribution in [0, 0.1) is 5.82 Å². The Kier molecular flexibility index (Phi) is 8.68. The van der Waals surface area contributed by atoms with E-state index in [0.717, 1.165) is 64.4 Å². The Morgan fingerprint density at radius 1 is 0.907 bits per heavy atom. The van der Waals surface area contributed by atoms with Gasteiger partial charge in [0.15, 0.2) is 0 Å². The maximum absolute atomic E-state index is 15.2. The molecule has 0 aliphatic carbocycles. The minimum atomic E-state index is -0.156. The van der Waals surface area contributed by atoms with Gasteiger partial charge in [0.25, 0.3) is 0 Å². The highest BCUT2D eigenvalue weighted by atomic mass is 19.1. The number of fused-ring (bicyclic) bond motifs is 3. The molecule has 4 aromatic rings. The Balaban J connectivity index is 1.08. The summed E-state index contributed by atoms with van der Waals surface area (Å²) in [5.41, 5.74) is 3.66. The van der Waals surface area contributed by atoms with E-state index in [2.05, 4.69) is 45.3 Å². The van der Waals surface area contributed by atoms with Gasteiger partial charge in [-0.05, 0) is 62.6 Å². The first-order valence-electron chi connectivity index (χ1n) is 15.3. The second-order valence-electron chi connectivity index (χ2n) is 11.9. The number of nitrogens with zero attached hydrogens (tertiary/aromatic N) is 3. The van der Waals surface area contributed by atoms with Crippen LogP contribution in [0.1, 0.15) is 37.0 Å². The predicted molar refractivity (Wildman–Crippen MR) is 172 cm³/mol. The van der Waals surface area contributed by atoms with E-state index < -0.39 is 0 Å². The fourth-order valence-corrected chi connectivity index (χ4v) is 6.72. The van der Waals surface area contributed by atoms with Crippen molar-refractivity contribution < 1.29 is 13.9 Å². The summed E-state index contributed by atoms with van der Waals surface area (Å²) in [7, 11) is 3.29. The molecular weight excluding hydrogens is 541 g/mol. The van der Waals surface area contributed by atoms with Crippen LogP contribution in [-0.2, 0) is 19.5 Å². The first kappa shape index (κ1) is 29.2. The van der Waals surface area contributed by atoms with Crippen molar-refractivity contribution in [3.05, 3.63) is 89.4 Å². The van der Waals surface area contributed by atoms with E-state index in [0.29, 0.717) is 36.8 Å². The number of methoxy groups -OCH3 is 2. The minimum absolute atomic E-state index is 0.156. The monoisotopic (exact) mass is 583 g/mol. The van der Waals surface area contributed by atoms with Crippen LogP contribution in [0.3, 0.4) is 0 Å². The van der Waals surface area contributed by atoms with Crippen molar-refractivity contribution in [3.63, 3.8) is 0 Å². The Morgan fingerprint density at radius 3 is 2.49 bits per heavy atom. The van der Waals surface area contributed by atoms with E-state index in [4.69, 9.17) is 9.47 Å². The number of benzene rings is 3. The number of aromatic nitrogens is 1. The van der Waals surface area contributed by atoms with E-state index in [1.165, 1.54) is 13.0 Å². The molecule has 0 saturated carbocycles. The average molecular weight is 584 g/mol. The van der Waals surface area contributed by atoms with Crippen molar-refractivity contribution in [2.45, 2.75) is 57.9 Å². The van der Waals surface area contributed by atoms with E-state index in [9.17, 15) is 0 Å². The summed E-state index contributed by atoms with van der Waals surface area (Å²) in [6, 6.07) is 21.5. The number of rotatable bonds is 12. The molecule has 2 N–H and O–H groups in total. The molecular formula is C35H42FN5O2. The number of hydrogen-bond donors (Lipinski definition) is 2. The van der Waals surface area contributed by atoms with Gasteiger partial charge in [0.05, 0.1) is 14.2 Å². The molecule has 0 amide bonds. The topological polar surface area (TPSA) is 61.9 Å². The summed E-state index contributed by atoms with van der Waals surface area (Å²) in [5.74, 6) is 2.12. The molecule has 2 saturated heterocycles. The van der Waals surface area contributed by atoms with Gasteiger partial charge in [0.1, 0.15) is 23.1 Å². The van der Waals surface area contributed by atoms with E-state index in [-0.39, 0.29) is 5.82 Å². The second-order valence-corrected chi connectivity index (χ2v) is 11.9. The molecule has 0 unspecified atom stereocenters. The van der Waals surface area contributed by atoms with Crippen LogP contribution < -0.4 is 20.1 Å². The van der Waals surface area contributed by atoms with Gasteiger partial charge in [0.2, 0.25) is 0 Å². The van der Waals surface area contributed by atoms with Crippen LogP contribution in [0.15, 0.2) is 66.9 Å². The molecule has 3 aromatic carbocycles. The number of halogens is 1. The molecule has 2 aliphatic rings. The van der Waals surface area contributed by atoms with Crippen LogP contribution in [0.2, 0.25) is 0 Å². The summed E-state index contributed by atoms with van der Waals surface area (Å²) >= 11 is 0. The van der Waals surface area contributed by atoms with E-state index >= 15 is 4.39 Å². The summed E-state index contributed by atoms with van der Waals surface area (Å²) in [6.45, 7) is 8.83. The number of hydrogen-bond acceptors (Lipinski definition) is 7. The molecule has 2 fully saturated rings. The van der Waals surface area contributed by atoms with Crippen molar-refractivity contribution >= 4 is 22.3 Å². The normalized spacial score (nSPS) is 18.5. The predicted octanol–water partition coefficient (Wildman–Crippen LogP) is 6.32. The van der Waals surface area contributed by atoms with Gasteiger partial charge < -0.3 is 20.1 Å². The minimum Gasteiger partial charge on any atom is -0.497 e. The maximum atomic E-state index is 15.2. The smallest absolute Gasteiger partial charge is 0.134 e. The van der Waals surface area contributed by atoms with Gasteiger partial charge in [0, 0.05) is 90.7 Å². The summed E-state index contributed by atoms with van der Waals surface area (Å²) in [4.78, 5) is 9.83. The second kappa shape index (κ2) is 12.8. The van der Waals surface area contributed by atoms with Gasteiger partial charge in [-0.2, -0.15) is 0 Å². The quantitative estimate of drug-likeness (QED) is 0.202. The van der Waals surface area contributed by atoms with Crippen LogP contribution in [0.5, 0.6) is 11.5 Å². The van der Waals surface area contributed by atoms with Gasteiger partial charge in [-0.15, -0.1) is 0 Å². The highest BCUT2D eigenvalue weighted by Gasteiger charge is 2.43. The summed E-state index contributed by atoms with van der Waals surface area (Å²) < 4.78 is 26.1. The van der Waals surface area contributed by atoms with Gasteiger partial charge >= 0.3 is 0 Å². The van der Waals surface area contributed by atoms with Crippen LogP contribution in [0.4, 0.5) is 15.9 Å². The summed E-state index contributed by atoms with van der Waals surface area (Å²) in [6.07, 6.45) is 3.95. The molecule has 7 nitrogen and oxygen atoms in total. The molecule has 6 rings (SSSR count). The third kappa shape index (κ3) is 6.26. The number of anilines is 2. The fraction of sp³-hybridized carbons (Fsp3) is 0.400. The molecule has 1 aromatic heterocycles. The van der Waals surface area contributed by atoms with Crippen molar-refractivity contribution in [2.75, 3.05) is 44.5 Å². The first-order chi connectivity index (χ1) is 20.9. The van der Waals surface area contributed by atoms with Gasteiger partial charge in [-0.1, -0.05) is 24.3 Å². The van der Waals surface area contributed by atoms with Crippen LogP contribution in [-0.4, -0.2) is 66.8 Å². The molecule has 0 radical (unpaired) electrons. The molecule has 8 heteroatoms. The Labute approximate surface area is 254 Å². The highest BCUT2D eigenvalue weighted by molar-refractivity contribution is 5.99. The zero-order valence-corrected chi connectivity index (χ0v) is 25.6. The van der Waals surface area contributed by atoms with Crippen molar-refractivity contribution in [1.29, 1.82) is 0 Å². The molecule has 3 heterocycles. The number of pyridine rings is 1. The van der Waals surface area contributed by atoms with Crippen LogP contribution in [0.25, 0.3) is 10.8 Å². The molecule has 2 bridgehead atoms. The highest BCUT2D eigenvalue weighted by Crippen LogP contribution is 2.33. The lowest BCUT2D eigenvalue weighted by Gasteiger charge is -2.36. The molecule has 2 aliphatic heterocycles. The lowest BCUT2D eigenvalue weighted by atomic mass is 10.1. The van der Waals surface area contributed by atoms with E-state index in [1.807, 2.05) is 48.5 Å². The largest absolute Gasteiger partial charge is 0.497 e. The lowest BCUT2D eigenvalue weighted by Crippen LogP contribution is -2.49. The molecule has 0 spiro atoms. The SMILES string of the molecule is COc1ccc(CNc2nccc3c(NCc4ccc(CCN5C[C@@H]6C[C@H]5CN6C(C)C)cc4F)cccc23)c(OC)c1. The Bertz CT molecular complexity index is 1580. The number of nitrogens with one attached hydrogen (secondary N) is 2. The van der Waals surface area contributed by atoms with Crippen molar-refractivity contribution in [1.82, 2.24) is 14.8 Å². The molecule has 226 valence electrons. The number of likely N-dealkylation sites (tertiary alicyclic amines) is 2. The lowest BCUT2D eigenvalue weighted by molar-refractivity contribution is 0.105. The third-order valence-electron chi connectivity index (χ3n) is 9.08. The molecule has 2 atom stereocenters.